The van der Waals surface area contributed by atoms with Crippen LogP contribution in [0.3, 0.4) is 0 Å². The van der Waals surface area contributed by atoms with Crippen molar-refractivity contribution in [1.82, 2.24) is 0 Å². The van der Waals surface area contributed by atoms with Crippen molar-refractivity contribution in [3.8, 4) is 0 Å². The summed E-state index contributed by atoms with van der Waals surface area (Å²) in [7, 11) is -8.62. The number of sulfone groups is 1. The summed E-state index contributed by atoms with van der Waals surface area (Å²) in [5.41, 5.74) is 0.0500. The highest BCUT2D eigenvalue weighted by Crippen LogP contribution is 2.25. The number of halogens is 3. The number of anilines is 1. The van der Waals surface area contributed by atoms with E-state index in [4.69, 9.17) is 0 Å². The fraction of sp³-hybridized carbons (Fsp3) is 0.0769. The molecule has 23 heavy (non-hydrogen) atoms. The summed E-state index contributed by atoms with van der Waals surface area (Å²) >= 11 is 3.12. The molecule has 2 aromatic rings. The molecule has 0 amide bonds. The van der Waals surface area contributed by atoms with Crippen LogP contribution in [-0.4, -0.2) is 22.6 Å². The molecular formula is C13H10BrF2NO4S2. The summed E-state index contributed by atoms with van der Waals surface area (Å²) < 4.78 is 74.5. The van der Waals surface area contributed by atoms with Crippen LogP contribution in [-0.2, 0) is 19.9 Å². The Morgan fingerprint density at radius 2 is 1.48 bits per heavy atom. The van der Waals surface area contributed by atoms with E-state index in [-0.39, 0.29) is 10.6 Å². The molecule has 1 N–H and O–H groups in total. The van der Waals surface area contributed by atoms with E-state index >= 15 is 0 Å². The molecule has 0 unspecified atom stereocenters. The molecule has 0 aliphatic carbocycles. The molecule has 0 atom stereocenters. The van der Waals surface area contributed by atoms with Crippen molar-refractivity contribution >= 4 is 41.5 Å². The lowest BCUT2D eigenvalue weighted by Gasteiger charge is -2.10. The SMILES string of the molecule is O=S(=O)(Nc1ccc(S(=O)(=O)C(F)F)cc1)c1ccccc1Br. The van der Waals surface area contributed by atoms with Gasteiger partial charge in [0.15, 0.2) is 0 Å². The Morgan fingerprint density at radius 1 is 0.913 bits per heavy atom. The van der Waals surface area contributed by atoms with Crippen molar-refractivity contribution in [2.75, 3.05) is 4.72 Å². The van der Waals surface area contributed by atoms with E-state index in [9.17, 15) is 25.6 Å². The molecule has 124 valence electrons. The average Bonchev–Trinajstić information content (AvgIpc) is 2.47. The lowest BCUT2D eigenvalue weighted by atomic mass is 10.3. The molecular weight excluding hydrogens is 416 g/mol. The van der Waals surface area contributed by atoms with Gasteiger partial charge >= 0.3 is 5.76 Å². The third kappa shape index (κ3) is 3.88. The second kappa shape index (κ2) is 6.54. The van der Waals surface area contributed by atoms with Crippen LogP contribution < -0.4 is 4.72 Å². The highest BCUT2D eigenvalue weighted by atomic mass is 79.9. The Bertz CT molecular complexity index is 913. The zero-order chi connectivity index (χ0) is 17.3. The minimum atomic E-state index is -4.71. The summed E-state index contributed by atoms with van der Waals surface area (Å²) in [4.78, 5) is -0.597. The number of nitrogens with one attached hydrogen (secondary N) is 1. The number of sulfonamides is 1. The molecule has 0 bridgehead atoms. The smallest absolute Gasteiger partial charge is 0.280 e. The number of alkyl halides is 2. The fourth-order valence-corrected chi connectivity index (χ4v) is 4.47. The topological polar surface area (TPSA) is 80.3 Å². The van der Waals surface area contributed by atoms with Gasteiger partial charge in [0.1, 0.15) is 4.90 Å². The van der Waals surface area contributed by atoms with Gasteiger partial charge in [-0.1, -0.05) is 12.1 Å². The summed E-state index contributed by atoms with van der Waals surface area (Å²) in [5, 5.41) is 0. The number of rotatable bonds is 5. The summed E-state index contributed by atoms with van der Waals surface area (Å²) in [6.07, 6.45) is 0. The summed E-state index contributed by atoms with van der Waals surface area (Å²) in [5.74, 6) is -3.54. The van der Waals surface area contributed by atoms with Crippen molar-refractivity contribution in [1.29, 1.82) is 0 Å². The molecule has 0 aliphatic heterocycles. The van der Waals surface area contributed by atoms with Gasteiger partial charge in [-0.25, -0.2) is 16.8 Å². The molecule has 0 aromatic heterocycles. The Morgan fingerprint density at radius 3 is 2.00 bits per heavy atom. The molecule has 0 saturated heterocycles. The first kappa shape index (κ1) is 17.8. The van der Waals surface area contributed by atoms with Crippen LogP contribution >= 0.6 is 15.9 Å². The predicted octanol–water partition coefficient (Wildman–Crippen LogP) is 3.25. The zero-order valence-corrected chi connectivity index (χ0v) is 14.5. The van der Waals surface area contributed by atoms with Gasteiger partial charge in [0, 0.05) is 10.2 Å². The van der Waals surface area contributed by atoms with Crippen LogP contribution in [0.2, 0.25) is 0 Å². The van der Waals surface area contributed by atoms with E-state index in [0.29, 0.717) is 4.47 Å². The van der Waals surface area contributed by atoms with Crippen LogP contribution in [0, 0.1) is 0 Å². The van der Waals surface area contributed by atoms with E-state index in [1.807, 2.05) is 0 Å². The third-order valence-electron chi connectivity index (χ3n) is 2.80. The monoisotopic (exact) mass is 425 g/mol. The van der Waals surface area contributed by atoms with E-state index in [1.165, 1.54) is 12.1 Å². The van der Waals surface area contributed by atoms with Gasteiger partial charge in [-0.05, 0) is 52.3 Å². The van der Waals surface area contributed by atoms with Crippen LogP contribution in [0.25, 0.3) is 0 Å². The number of benzene rings is 2. The predicted molar refractivity (Wildman–Crippen MR) is 84.6 cm³/mol. The maximum absolute atomic E-state index is 12.4. The lowest BCUT2D eigenvalue weighted by Crippen LogP contribution is -2.14. The van der Waals surface area contributed by atoms with Gasteiger partial charge in [-0.3, -0.25) is 4.72 Å². The molecule has 0 saturated carbocycles. The van der Waals surface area contributed by atoms with Crippen LogP contribution in [0.1, 0.15) is 0 Å². The van der Waals surface area contributed by atoms with Crippen molar-refractivity contribution in [2.24, 2.45) is 0 Å². The molecule has 2 rings (SSSR count). The molecule has 5 nitrogen and oxygen atoms in total. The minimum Gasteiger partial charge on any atom is -0.280 e. The molecule has 10 heteroatoms. The van der Waals surface area contributed by atoms with Gasteiger partial charge in [0.05, 0.1) is 4.90 Å². The van der Waals surface area contributed by atoms with E-state index < -0.39 is 30.5 Å². The average molecular weight is 426 g/mol. The quantitative estimate of drug-likeness (QED) is 0.796. The first-order chi connectivity index (χ1) is 10.6. The van der Waals surface area contributed by atoms with Gasteiger partial charge in [0.2, 0.25) is 9.84 Å². The van der Waals surface area contributed by atoms with Crippen LogP contribution in [0.15, 0.2) is 62.8 Å². The van der Waals surface area contributed by atoms with Crippen molar-refractivity contribution in [3.05, 3.63) is 53.0 Å². The Hall–Kier alpha value is -1.52. The second-order valence-corrected chi connectivity index (χ2v) is 8.79. The first-order valence-corrected chi connectivity index (χ1v) is 9.86. The normalized spacial score (nSPS) is 12.3. The molecule has 0 aliphatic rings. The highest BCUT2D eigenvalue weighted by Gasteiger charge is 2.26. The molecule has 0 fully saturated rings. The van der Waals surface area contributed by atoms with Crippen molar-refractivity contribution < 1.29 is 25.6 Å². The minimum absolute atomic E-state index is 0.00993. The standard InChI is InChI=1S/C13H10BrF2NO4S2/c14-11-3-1-2-4-12(11)23(20,21)17-9-5-7-10(8-6-9)22(18,19)13(15)16/h1-8,13,17H. The Labute approximate surface area is 140 Å². The molecule has 2 aromatic carbocycles. The fourth-order valence-electron chi connectivity index (χ4n) is 1.69. The van der Waals surface area contributed by atoms with Gasteiger partial charge in [0.25, 0.3) is 10.0 Å². The molecule has 0 spiro atoms. The van der Waals surface area contributed by atoms with Crippen LogP contribution in [0.5, 0.6) is 0 Å². The summed E-state index contributed by atoms with van der Waals surface area (Å²) in [6, 6.07) is 10.1. The van der Waals surface area contributed by atoms with Gasteiger partial charge < -0.3 is 0 Å². The molecule has 0 radical (unpaired) electrons. The zero-order valence-electron chi connectivity index (χ0n) is 11.3. The van der Waals surface area contributed by atoms with E-state index in [1.54, 1.807) is 12.1 Å². The maximum atomic E-state index is 12.4. The first-order valence-electron chi connectivity index (χ1n) is 6.04. The van der Waals surface area contributed by atoms with E-state index in [0.717, 1.165) is 24.3 Å². The largest absolute Gasteiger partial charge is 0.341 e. The number of hydrogen-bond donors (Lipinski definition) is 1. The maximum Gasteiger partial charge on any atom is 0.341 e. The number of hydrogen-bond acceptors (Lipinski definition) is 4. The third-order valence-corrected chi connectivity index (χ3v) is 6.59. The second-order valence-electron chi connectivity index (χ2n) is 4.37. The lowest BCUT2D eigenvalue weighted by molar-refractivity contribution is 0.234. The Balaban J connectivity index is 2.30. The van der Waals surface area contributed by atoms with Crippen molar-refractivity contribution in [2.45, 2.75) is 15.5 Å². The summed E-state index contributed by atoms with van der Waals surface area (Å²) in [6.45, 7) is 0. The van der Waals surface area contributed by atoms with E-state index in [2.05, 4.69) is 20.7 Å². The van der Waals surface area contributed by atoms with Crippen LogP contribution in [0.4, 0.5) is 14.5 Å². The molecule has 0 heterocycles. The van der Waals surface area contributed by atoms with Crippen molar-refractivity contribution in [3.63, 3.8) is 0 Å². The Kier molecular flexibility index (Phi) is 5.07. The highest BCUT2D eigenvalue weighted by molar-refractivity contribution is 9.10. The van der Waals surface area contributed by atoms with Gasteiger partial charge in [-0.15, -0.1) is 0 Å². The van der Waals surface area contributed by atoms with Gasteiger partial charge in [-0.2, -0.15) is 8.78 Å².